The van der Waals surface area contributed by atoms with Crippen molar-refractivity contribution in [2.24, 2.45) is 0 Å². The second-order valence-corrected chi connectivity index (χ2v) is 4.92. The van der Waals surface area contributed by atoms with Crippen LogP contribution < -0.4 is 4.74 Å². The molecular formula is C16H20N2O2. The van der Waals surface area contributed by atoms with Crippen molar-refractivity contribution < 1.29 is 9.53 Å². The average Bonchev–Trinajstić information content (AvgIpc) is 2.85. The zero-order chi connectivity index (χ0) is 14.5. The molecule has 2 aromatic rings. The highest BCUT2D eigenvalue weighted by Crippen LogP contribution is 2.21. The number of benzene rings is 1. The quantitative estimate of drug-likeness (QED) is 0.757. The summed E-state index contributed by atoms with van der Waals surface area (Å²) in [5.74, 6) is 0.651. The van der Waals surface area contributed by atoms with Gasteiger partial charge >= 0.3 is 0 Å². The number of ketones is 1. The van der Waals surface area contributed by atoms with Crippen molar-refractivity contribution in [3.05, 3.63) is 47.5 Å². The Hall–Kier alpha value is -2.10. The van der Waals surface area contributed by atoms with E-state index in [2.05, 4.69) is 16.5 Å². The maximum Gasteiger partial charge on any atom is 0.163 e. The molecule has 20 heavy (non-hydrogen) atoms. The van der Waals surface area contributed by atoms with E-state index < -0.39 is 0 Å². The van der Waals surface area contributed by atoms with Crippen LogP contribution in [0.2, 0.25) is 0 Å². The highest BCUT2D eigenvalue weighted by molar-refractivity contribution is 5.97. The Morgan fingerprint density at radius 2 is 2.20 bits per heavy atom. The molecule has 106 valence electrons. The fourth-order valence-electron chi connectivity index (χ4n) is 2.11. The molecule has 0 aliphatic rings. The number of aryl methyl sites for hydroxylation is 2. The number of nitrogens with zero attached hydrogens (tertiary/aromatic N) is 2. The van der Waals surface area contributed by atoms with Crippen LogP contribution in [0.25, 0.3) is 0 Å². The van der Waals surface area contributed by atoms with Crippen molar-refractivity contribution in [3.63, 3.8) is 0 Å². The number of Topliss-reactive ketones (excluding diaryl/α,β-unsaturated/α-hetero) is 1. The third kappa shape index (κ3) is 3.26. The van der Waals surface area contributed by atoms with Gasteiger partial charge in [-0.2, -0.15) is 0 Å². The molecule has 0 unspecified atom stereocenters. The zero-order valence-corrected chi connectivity index (χ0v) is 12.2. The van der Waals surface area contributed by atoms with E-state index in [0.717, 1.165) is 24.2 Å². The van der Waals surface area contributed by atoms with Crippen molar-refractivity contribution in [1.29, 1.82) is 0 Å². The van der Waals surface area contributed by atoms with Gasteiger partial charge in [0.25, 0.3) is 0 Å². The summed E-state index contributed by atoms with van der Waals surface area (Å²) >= 11 is 0. The standard InChI is InChI=1S/C16H20N2O2/c1-4-7-18-11-17-9-14(18)10-20-16-6-5-12(2)8-15(16)13(3)19/h5-6,8-9,11H,4,7,10H2,1-3H3. The van der Waals surface area contributed by atoms with Gasteiger partial charge in [-0.25, -0.2) is 4.98 Å². The van der Waals surface area contributed by atoms with Gasteiger partial charge in [0.2, 0.25) is 0 Å². The number of carbonyl (C=O) groups is 1. The van der Waals surface area contributed by atoms with Crippen molar-refractivity contribution >= 4 is 5.78 Å². The zero-order valence-electron chi connectivity index (χ0n) is 12.2. The summed E-state index contributed by atoms with van der Waals surface area (Å²) in [5, 5.41) is 0. The Bertz CT molecular complexity index is 602. The van der Waals surface area contributed by atoms with Gasteiger partial charge in [0.15, 0.2) is 5.78 Å². The van der Waals surface area contributed by atoms with Crippen LogP contribution >= 0.6 is 0 Å². The van der Waals surface area contributed by atoms with Gasteiger partial charge in [0.05, 0.1) is 23.8 Å². The summed E-state index contributed by atoms with van der Waals surface area (Å²) in [4.78, 5) is 15.8. The first-order chi connectivity index (χ1) is 9.61. The van der Waals surface area contributed by atoms with E-state index in [1.54, 1.807) is 13.1 Å². The molecule has 0 saturated heterocycles. The second-order valence-electron chi connectivity index (χ2n) is 4.92. The van der Waals surface area contributed by atoms with E-state index in [1.807, 2.05) is 31.5 Å². The Labute approximate surface area is 119 Å². The minimum Gasteiger partial charge on any atom is -0.487 e. The Balaban J connectivity index is 2.14. The lowest BCUT2D eigenvalue weighted by atomic mass is 10.1. The van der Waals surface area contributed by atoms with Gasteiger partial charge in [-0.3, -0.25) is 4.79 Å². The van der Waals surface area contributed by atoms with E-state index >= 15 is 0 Å². The Kier molecular flexibility index (Phi) is 4.56. The fraction of sp³-hybridized carbons (Fsp3) is 0.375. The molecule has 0 spiro atoms. The minimum atomic E-state index is 0.0192. The largest absolute Gasteiger partial charge is 0.487 e. The van der Waals surface area contributed by atoms with Crippen LogP contribution in [0.5, 0.6) is 5.75 Å². The fourth-order valence-corrected chi connectivity index (χ4v) is 2.11. The van der Waals surface area contributed by atoms with Crippen molar-refractivity contribution in [3.8, 4) is 5.75 Å². The van der Waals surface area contributed by atoms with Crippen LogP contribution in [0.4, 0.5) is 0 Å². The molecule has 0 amide bonds. The summed E-state index contributed by atoms with van der Waals surface area (Å²) in [6, 6.07) is 5.67. The summed E-state index contributed by atoms with van der Waals surface area (Å²) in [7, 11) is 0. The normalized spacial score (nSPS) is 10.6. The summed E-state index contributed by atoms with van der Waals surface area (Å²) < 4.78 is 7.87. The van der Waals surface area contributed by atoms with Gasteiger partial charge < -0.3 is 9.30 Å². The van der Waals surface area contributed by atoms with Crippen LogP contribution in [0.15, 0.2) is 30.7 Å². The molecule has 0 aliphatic carbocycles. The second kappa shape index (κ2) is 6.37. The summed E-state index contributed by atoms with van der Waals surface area (Å²) in [5.41, 5.74) is 2.70. The maximum absolute atomic E-state index is 11.7. The number of ether oxygens (including phenoxy) is 1. The Morgan fingerprint density at radius 3 is 2.90 bits per heavy atom. The van der Waals surface area contributed by atoms with Crippen molar-refractivity contribution in [2.45, 2.75) is 40.3 Å². The first-order valence-electron chi connectivity index (χ1n) is 6.85. The smallest absolute Gasteiger partial charge is 0.163 e. The molecule has 0 atom stereocenters. The molecule has 0 bridgehead atoms. The highest BCUT2D eigenvalue weighted by atomic mass is 16.5. The lowest BCUT2D eigenvalue weighted by Crippen LogP contribution is -2.07. The minimum absolute atomic E-state index is 0.0192. The van der Waals surface area contributed by atoms with Crippen LogP contribution in [0.1, 0.15) is 41.9 Å². The molecule has 2 rings (SSSR count). The lowest BCUT2D eigenvalue weighted by molar-refractivity contribution is 0.101. The number of aromatic nitrogens is 2. The predicted molar refractivity (Wildman–Crippen MR) is 78.0 cm³/mol. The topological polar surface area (TPSA) is 44.1 Å². The number of hydrogen-bond donors (Lipinski definition) is 0. The highest BCUT2D eigenvalue weighted by Gasteiger charge is 2.10. The summed E-state index contributed by atoms with van der Waals surface area (Å²) in [6.07, 6.45) is 4.66. The number of hydrogen-bond acceptors (Lipinski definition) is 3. The molecule has 0 aliphatic heterocycles. The predicted octanol–water partition coefficient (Wildman–Crippen LogP) is 3.38. The molecule has 0 N–H and O–H groups in total. The van der Waals surface area contributed by atoms with Gasteiger partial charge in [0, 0.05) is 6.54 Å². The van der Waals surface area contributed by atoms with E-state index in [1.165, 1.54) is 0 Å². The first kappa shape index (κ1) is 14.3. The van der Waals surface area contributed by atoms with E-state index in [9.17, 15) is 4.79 Å². The van der Waals surface area contributed by atoms with Crippen LogP contribution in [-0.2, 0) is 13.2 Å². The van der Waals surface area contributed by atoms with Crippen LogP contribution in [-0.4, -0.2) is 15.3 Å². The SMILES string of the molecule is CCCn1cncc1COc1ccc(C)cc1C(C)=O. The third-order valence-corrected chi connectivity index (χ3v) is 3.15. The number of rotatable bonds is 6. The van der Waals surface area contributed by atoms with Crippen LogP contribution in [0.3, 0.4) is 0 Å². The molecule has 1 aromatic heterocycles. The Morgan fingerprint density at radius 1 is 1.40 bits per heavy atom. The maximum atomic E-state index is 11.7. The van der Waals surface area contributed by atoms with E-state index in [-0.39, 0.29) is 5.78 Å². The molecule has 4 heteroatoms. The number of carbonyl (C=O) groups excluding carboxylic acids is 1. The van der Waals surface area contributed by atoms with E-state index in [0.29, 0.717) is 17.9 Å². The summed E-state index contributed by atoms with van der Waals surface area (Å²) in [6.45, 7) is 6.99. The molecule has 1 aromatic carbocycles. The molecule has 0 saturated carbocycles. The van der Waals surface area contributed by atoms with Crippen molar-refractivity contribution in [2.75, 3.05) is 0 Å². The van der Waals surface area contributed by atoms with Crippen molar-refractivity contribution in [1.82, 2.24) is 9.55 Å². The van der Waals surface area contributed by atoms with Gasteiger partial charge in [-0.15, -0.1) is 0 Å². The third-order valence-electron chi connectivity index (χ3n) is 3.15. The average molecular weight is 272 g/mol. The lowest BCUT2D eigenvalue weighted by Gasteiger charge is -2.12. The van der Waals surface area contributed by atoms with Gasteiger partial charge in [-0.05, 0) is 32.4 Å². The van der Waals surface area contributed by atoms with Gasteiger partial charge in [0.1, 0.15) is 12.4 Å². The van der Waals surface area contributed by atoms with Crippen LogP contribution in [0, 0.1) is 6.92 Å². The number of imidazole rings is 1. The molecule has 1 heterocycles. The molecular weight excluding hydrogens is 252 g/mol. The molecule has 4 nitrogen and oxygen atoms in total. The first-order valence-corrected chi connectivity index (χ1v) is 6.85. The molecule has 0 fully saturated rings. The molecule has 0 radical (unpaired) electrons. The van der Waals surface area contributed by atoms with Gasteiger partial charge in [-0.1, -0.05) is 18.6 Å². The van der Waals surface area contributed by atoms with E-state index in [4.69, 9.17) is 4.74 Å². The monoisotopic (exact) mass is 272 g/mol.